The molecule has 0 saturated heterocycles. The normalized spacial score (nSPS) is 10.7. The van der Waals surface area contributed by atoms with E-state index >= 15 is 0 Å². The van der Waals surface area contributed by atoms with E-state index in [1.807, 2.05) is 36.4 Å². The van der Waals surface area contributed by atoms with Gasteiger partial charge in [-0.25, -0.2) is 4.79 Å². The van der Waals surface area contributed by atoms with Crippen molar-refractivity contribution in [2.75, 3.05) is 6.61 Å². The van der Waals surface area contributed by atoms with E-state index in [0.29, 0.717) is 18.8 Å². The largest absolute Gasteiger partial charge is 0.461 e. The lowest BCUT2D eigenvalue weighted by molar-refractivity contribution is 0.0512. The van der Waals surface area contributed by atoms with Crippen LogP contribution in [0.5, 0.6) is 0 Å². The second-order valence-electron chi connectivity index (χ2n) is 6.71. The molecule has 1 aromatic heterocycles. The van der Waals surface area contributed by atoms with Crippen LogP contribution in [-0.4, -0.2) is 22.4 Å². The summed E-state index contributed by atoms with van der Waals surface area (Å²) in [6.07, 6.45) is 1.63. The number of carbonyl (C=O) groups is 1. The molecule has 0 radical (unpaired) electrons. The summed E-state index contributed by atoms with van der Waals surface area (Å²) in [5.74, 6) is -0.353. The van der Waals surface area contributed by atoms with E-state index in [2.05, 4.69) is 47.6 Å². The Labute approximate surface area is 170 Å². The van der Waals surface area contributed by atoms with Gasteiger partial charge in [0.1, 0.15) is 5.69 Å². The number of hydrogen-bond donors (Lipinski definition) is 0. The Morgan fingerprint density at radius 1 is 0.862 bits per heavy atom. The number of benzene rings is 3. The van der Waals surface area contributed by atoms with Gasteiger partial charge >= 0.3 is 5.97 Å². The lowest BCUT2D eigenvalue weighted by Crippen LogP contribution is -2.14. The zero-order valence-corrected chi connectivity index (χ0v) is 16.3. The van der Waals surface area contributed by atoms with E-state index in [9.17, 15) is 4.79 Å². The molecule has 4 heteroatoms. The van der Waals surface area contributed by atoms with Crippen molar-refractivity contribution >= 4 is 5.97 Å². The minimum absolute atomic E-state index is 0.341. The van der Waals surface area contributed by atoms with Gasteiger partial charge in [0.05, 0.1) is 13.2 Å². The number of rotatable bonds is 6. The topological polar surface area (TPSA) is 44.1 Å². The summed E-state index contributed by atoms with van der Waals surface area (Å²) in [7, 11) is 0. The molecule has 0 aliphatic rings. The summed E-state index contributed by atoms with van der Waals surface area (Å²) >= 11 is 0. The first-order chi connectivity index (χ1) is 14.3. The quantitative estimate of drug-likeness (QED) is 0.417. The first-order valence-electron chi connectivity index (χ1n) is 9.69. The number of aromatic nitrogens is 2. The summed E-state index contributed by atoms with van der Waals surface area (Å²) in [5.41, 5.74) is 6.17. The molecule has 0 aliphatic carbocycles. The summed E-state index contributed by atoms with van der Waals surface area (Å²) in [4.78, 5) is 12.2. The van der Waals surface area contributed by atoms with Crippen LogP contribution in [0.15, 0.2) is 91.1 Å². The van der Waals surface area contributed by atoms with Crippen molar-refractivity contribution in [3.8, 4) is 22.3 Å². The lowest BCUT2D eigenvalue weighted by Gasteiger charge is -2.14. The van der Waals surface area contributed by atoms with E-state index in [1.165, 1.54) is 11.1 Å². The van der Waals surface area contributed by atoms with Gasteiger partial charge in [-0.1, -0.05) is 72.8 Å². The standard InChI is InChI=1S/C25H22N2O2/c1-2-29-25(28)24-15-16-26-27(24)18-19-13-14-22(20-9-5-3-6-10-20)23(17-19)21-11-7-4-8-12-21/h3-17H,2,18H2,1H3. The van der Waals surface area contributed by atoms with Crippen molar-refractivity contribution < 1.29 is 9.53 Å². The van der Waals surface area contributed by atoms with E-state index in [0.717, 1.165) is 16.7 Å². The molecule has 3 aromatic carbocycles. The molecule has 0 bridgehead atoms. The molecule has 4 nitrogen and oxygen atoms in total. The highest BCUT2D eigenvalue weighted by molar-refractivity contribution is 5.87. The smallest absolute Gasteiger partial charge is 0.356 e. The van der Waals surface area contributed by atoms with E-state index < -0.39 is 0 Å². The zero-order chi connectivity index (χ0) is 20.1. The Morgan fingerprint density at radius 3 is 2.17 bits per heavy atom. The fourth-order valence-electron chi connectivity index (χ4n) is 3.43. The molecular formula is C25H22N2O2. The Kier molecular flexibility index (Phi) is 5.52. The van der Waals surface area contributed by atoms with Crippen LogP contribution in [0.25, 0.3) is 22.3 Å². The minimum atomic E-state index is -0.353. The molecular weight excluding hydrogens is 360 g/mol. The van der Waals surface area contributed by atoms with Crippen molar-refractivity contribution in [2.24, 2.45) is 0 Å². The van der Waals surface area contributed by atoms with E-state index in [-0.39, 0.29) is 5.97 Å². The van der Waals surface area contributed by atoms with Gasteiger partial charge < -0.3 is 4.74 Å². The maximum atomic E-state index is 12.2. The number of hydrogen-bond acceptors (Lipinski definition) is 3. The van der Waals surface area contributed by atoms with Crippen LogP contribution in [0.1, 0.15) is 23.0 Å². The van der Waals surface area contributed by atoms with E-state index in [4.69, 9.17) is 4.74 Å². The Bertz CT molecular complexity index is 1100. The predicted molar refractivity (Wildman–Crippen MR) is 115 cm³/mol. The van der Waals surface area contributed by atoms with Crippen LogP contribution < -0.4 is 0 Å². The molecule has 0 unspecified atom stereocenters. The molecule has 0 atom stereocenters. The molecule has 4 aromatic rings. The van der Waals surface area contributed by atoms with Gasteiger partial charge in [-0.15, -0.1) is 0 Å². The van der Waals surface area contributed by atoms with Crippen molar-refractivity contribution in [1.29, 1.82) is 0 Å². The van der Waals surface area contributed by atoms with E-state index in [1.54, 1.807) is 23.9 Å². The molecule has 0 fully saturated rings. The SMILES string of the molecule is CCOC(=O)c1ccnn1Cc1ccc(-c2ccccc2)c(-c2ccccc2)c1. The molecule has 1 heterocycles. The average Bonchev–Trinajstić information content (AvgIpc) is 3.23. The Morgan fingerprint density at radius 2 is 1.52 bits per heavy atom. The molecule has 29 heavy (non-hydrogen) atoms. The van der Waals surface area contributed by atoms with Gasteiger partial charge in [-0.3, -0.25) is 4.68 Å². The summed E-state index contributed by atoms with van der Waals surface area (Å²) in [6, 6.07) is 28.8. The van der Waals surface area contributed by atoms with Gasteiger partial charge in [0.2, 0.25) is 0 Å². The maximum absolute atomic E-state index is 12.2. The van der Waals surface area contributed by atoms with Gasteiger partial charge in [-0.05, 0) is 46.9 Å². The summed E-state index contributed by atoms with van der Waals surface area (Å²) in [6.45, 7) is 2.64. The van der Waals surface area contributed by atoms with Crippen LogP contribution in [-0.2, 0) is 11.3 Å². The first kappa shape index (κ1) is 18.7. The number of ether oxygens (including phenoxy) is 1. The zero-order valence-electron chi connectivity index (χ0n) is 16.3. The predicted octanol–water partition coefficient (Wildman–Crippen LogP) is 5.44. The highest BCUT2D eigenvalue weighted by Gasteiger charge is 2.14. The molecule has 0 saturated carbocycles. The third kappa shape index (κ3) is 4.11. The fraction of sp³-hybridized carbons (Fsp3) is 0.120. The number of nitrogens with zero attached hydrogens (tertiary/aromatic N) is 2. The molecule has 0 amide bonds. The fourth-order valence-corrected chi connectivity index (χ4v) is 3.43. The van der Waals surface area contributed by atoms with Crippen LogP contribution in [0.2, 0.25) is 0 Å². The third-order valence-electron chi connectivity index (χ3n) is 4.79. The molecule has 144 valence electrons. The van der Waals surface area contributed by atoms with Crippen LogP contribution >= 0.6 is 0 Å². The number of carbonyl (C=O) groups excluding carboxylic acids is 1. The second-order valence-corrected chi connectivity index (χ2v) is 6.71. The van der Waals surface area contributed by atoms with Gasteiger partial charge in [0, 0.05) is 6.20 Å². The van der Waals surface area contributed by atoms with Gasteiger partial charge in [0.15, 0.2) is 0 Å². The van der Waals surface area contributed by atoms with Gasteiger partial charge in [-0.2, -0.15) is 5.10 Å². The van der Waals surface area contributed by atoms with Crippen molar-refractivity contribution in [3.05, 3.63) is 102 Å². The molecule has 0 aliphatic heterocycles. The summed E-state index contributed by atoms with van der Waals surface area (Å²) in [5, 5.41) is 4.31. The average molecular weight is 382 g/mol. The minimum Gasteiger partial charge on any atom is -0.461 e. The Hall–Kier alpha value is -3.66. The maximum Gasteiger partial charge on any atom is 0.356 e. The first-order valence-corrected chi connectivity index (χ1v) is 9.69. The van der Waals surface area contributed by atoms with Crippen molar-refractivity contribution in [3.63, 3.8) is 0 Å². The number of esters is 1. The second kappa shape index (κ2) is 8.57. The van der Waals surface area contributed by atoms with Crippen LogP contribution in [0.3, 0.4) is 0 Å². The highest BCUT2D eigenvalue weighted by Crippen LogP contribution is 2.33. The molecule has 4 rings (SSSR count). The highest BCUT2D eigenvalue weighted by atomic mass is 16.5. The monoisotopic (exact) mass is 382 g/mol. The molecule has 0 N–H and O–H groups in total. The molecule has 0 spiro atoms. The van der Waals surface area contributed by atoms with Crippen molar-refractivity contribution in [2.45, 2.75) is 13.5 Å². The summed E-state index contributed by atoms with van der Waals surface area (Å²) < 4.78 is 6.82. The van der Waals surface area contributed by atoms with Crippen LogP contribution in [0, 0.1) is 0 Å². The van der Waals surface area contributed by atoms with Crippen LogP contribution in [0.4, 0.5) is 0 Å². The van der Waals surface area contributed by atoms with Crippen molar-refractivity contribution in [1.82, 2.24) is 9.78 Å². The third-order valence-corrected chi connectivity index (χ3v) is 4.79. The lowest BCUT2D eigenvalue weighted by atomic mass is 9.93. The van der Waals surface area contributed by atoms with Gasteiger partial charge in [0.25, 0.3) is 0 Å². The Balaban J connectivity index is 1.74.